The highest BCUT2D eigenvalue weighted by atomic mass is 32.2. The number of sulfonamides is 1. The third-order valence-corrected chi connectivity index (χ3v) is 8.94. The zero-order valence-electron chi connectivity index (χ0n) is 17.0. The molecule has 2 saturated heterocycles. The summed E-state index contributed by atoms with van der Waals surface area (Å²) in [5.41, 5.74) is 3.11. The lowest BCUT2D eigenvalue weighted by atomic mass is 9.90. The van der Waals surface area contributed by atoms with Crippen molar-refractivity contribution in [3.63, 3.8) is 0 Å². The average molecular weight is 411 g/mol. The molecule has 5 heteroatoms. The van der Waals surface area contributed by atoms with E-state index in [9.17, 15) is 8.42 Å². The van der Waals surface area contributed by atoms with Crippen LogP contribution < -0.4 is 0 Å². The van der Waals surface area contributed by atoms with Crippen LogP contribution in [0.4, 0.5) is 0 Å². The molecule has 5 rings (SSSR count). The zero-order valence-corrected chi connectivity index (χ0v) is 17.8. The molecule has 0 radical (unpaired) electrons. The summed E-state index contributed by atoms with van der Waals surface area (Å²) < 4.78 is 27.9. The Hall–Kier alpha value is -1.69. The van der Waals surface area contributed by atoms with E-state index in [1.54, 1.807) is 10.4 Å². The van der Waals surface area contributed by atoms with Crippen molar-refractivity contribution in [1.29, 1.82) is 0 Å². The van der Waals surface area contributed by atoms with Gasteiger partial charge in [-0.1, -0.05) is 48.9 Å². The number of hydrogen-bond acceptors (Lipinski definition) is 3. The van der Waals surface area contributed by atoms with Gasteiger partial charge in [-0.3, -0.25) is 4.90 Å². The highest BCUT2D eigenvalue weighted by Crippen LogP contribution is 2.36. The van der Waals surface area contributed by atoms with Gasteiger partial charge < -0.3 is 0 Å². The van der Waals surface area contributed by atoms with Gasteiger partial charge in [0, 0.05) is 37.8 Å². The van der Waals surface area contributed by atoms with Gasteiger partial charge in [-0.05, 0) is 55.2 Å². The molecule has 0 N–H and O–H groups in total. The normalized spacial score (nSPS) is 25.5. The lowest BCUT2D eigenvalue weighted by Crippen LogP contribution is -2.28. The van der Waals surface area contributed by atoms with E-state index in [4.69, 9.17) is 0 Å². The van der Waals surface area contributed by atoms with Crippen LogP contribution in [0.2, 0.25) is 0 Å². The van der Waals surface area contributed by atoms with Crippen molar-refractivity contribution in [2.45, 2.75) is 56.0 Å². The van der Waals surface area contributed by atoms with Gasteiger partial charge in [0.05, 0.1) is 4.90 Å². The van der Waals surface area contributed by atoms with Crippen LogP contribution in [0.15, 0.2) is 53.4 Å². The quantitative estimate of drug-likeness (QED) is 0.728. The van der Waals surface area contributed by atoms with Gasteiger partial charge in [-0.2, -0.15) is 4.31 Å². The average Bonchev–Trinajstić information content (AvgIpc) is 3.38. The van der Waals surface area contributed by atoms with Crippen LogP contribution in [0.1, 0.15) is 44.1 Å². The van der Waals surface area contributed by atoms with Crippen LogP contribution in [-0.2, 0) is 16.6 Å². The second kappa shape index (κ2) is 7.86. The summed E-state index contributed by atoms with van der Waals surface area (Å²) in [7, 11) is -3.43. The largest absolute Gasteiger partial charge is 0.296 e. The summed E-state index contributed by atoms with van der Waals surface area (Å²) in [6, 6.07) is 16.7. The molecule has 0 unspecified atom stereocenters. The van der Waals surface area contributed by atoms with Crippen molar-refractivity contribution in [2.75, 3.05) is 19.6 Å². The minimum Gasteiger partial charge on any atom is -0.296 e. The van der Waals surface area contributed by atoms with Gasteiger partial charge in [-0.15, -0.1) is 0 Å². The molecule has 29 heavy (non-hydrogen) atoms. The van der Waals surface area contributed by atoms with E-state index in [1.165, 1.54) is 37.8 Å². The fourth-order valence-electron chi connectivity index (χ4n) is 5.46. The summed E-state index contributed by atoms with van der Waals surface area (Å²) in [5.74, 6) is 0.899. The van der Waals surface area contributed by atoms with E-state index in [0.717, 1.165) is 42.5 Å². The molecule has 2 aromatic carbocycles. The lowest BCUT2D eigenvalue weighted by molar-refractivity contribution is 0.237. The molecule has 2 heterocycles. The van der Waals surface area contributed by atoms with E-state index < -0.39 is 10.0 Å². The first-order valence-electron chi connectivity index (χ1n) is 11.0. The minimum absolute atomic E-state index is 0.433. The predicted octanol–water partition coefficient (Wildman–Crippen LogP) is 4.51. The Kier molecular flexibility index (Phi) is 5.23. The van der Waals surface area contributed by atoms with Crippen LogP contribution >= 0.6 is 0 Å². The maximum absolute atomic E-state index is 13.2. The minimum atomic E-state index is -3.43. The Labute approximate surface area is 174 Å². The molecule has 2 aromatic rings. The third kappa shape index (κ3) is 3.76. The van der Waals surface area contributed by atoms with Crippen molar-refractivity contribution < 1.29 is 8.42 Å². The number of benzene rings is 2. The molecule has 2 bridgehead atoms. The maximum atomic E-state index is 13.2. The Morgan fingerprint density at radius 1 is 0.897 bits per heavy atom. The van der Waals surface area contributed by atoms with Gasteiger partial charge in [0.1, 0.15) is 0 Å². The van der Waals surface area contributed by atoms with Crippen molar-refractivity contribution in [1.82, 2.24) is 9.21 Å². The van der Waals surface area contributed by atoms with Crippen LogP contribution in [0.25, 0.3) is 11.1 Å². The fourth-order valence-corrected chi connectivity index (χ4v) is 7.19. The Morgan fingerprint density at radius 3 is 2.41 bits per heavy atom. The van der Waals surface area contributed by atoms with Gasteiger partial charge in [0.15, 0.2) is 0 Å². The molecule has 154 valence electrons. The number of rotatable bonds is 5. The van der Waals surface area contributed by atoms with E-state index in [1.807, 2.05) is 18.2 Å². The SMILES string of the molecule is O=S(=O)(c1ccccc1-c1ccc(CN2C[C@@H]3CCC[C@@H]2C3)cc1)N1CCCC1. The van der Waals surface area contributed by atoms with Crippen LogP contribution in [0.3, 0.4) is 0 Å². The topological polar surface area (TPSA) is 40.6 Å². The summed E-state index contributed by atoms with van der Waals surface area (Å²) >= 11 is 0. The van der Waals surface area contributed by atoms with E-state index >= 15 is 0 Å². The summed E-state index contributed by atoms with van der Waals surface area (Å²) in [6.07, 6.45) is 7.40. The molecule has 1 aliphatic carbocycles. The van der Waals surface area contributed by atoms with Crippen molar-refractivity contribution >= 4 is 10.0 Å². The molecule has 2 atom stereocenters. The summed E-state index contributed by atoms with van der Waals surface area (Å²) in [6.45, 7) is 3.51. The lowest BCUT2D eigenvalue weighted by Gasteiger charge is -2.24. The first-order valence-corrected chi connectivity index (χ1v) is 12.5. The first-order chi connectivity index (χ1) is 14.1. The van der Waals surface area contributed by atoms with Gasteiger partial charge >= 0.3 is 0 Å². The van der Waals surface area contributed by atoms with E-state index in [0.29, 0.717) is 18.0 Å². The van der Waals surface area contributed by atoms with E-state index in [-0.39, 0.29) is 0 Å². The molecule has 3 aliphatic rings. The number of nitrogens with zero attached hydrogens (tertiary/aromatic N) is 2. The van der Waals surface area contributed by atoms with E-state index in [2.05, 4.69) is 29.2 Å². The Bertz CT molecular complexity index is 965. The van der Waals surface area contributed by atoms with Crippen LogP contribution in [0, 0.1) is 5.92 Å². The highest BCUT2D eigenvalue weighted by molar-refractivity contribution is 7.89. The van der Waals surface area contributed by atoms with Crippen LogP contribution in [-0.4, -0.2) is 43.3 Å². The van der Waals surface area contributed by atoms with Crippen molar-refractivity contribution in [2.24, 2.45) is 5.92 Å². The van der Waals surface area contributed by atoms with Gasteiger partial charge in [0.25, 0.3) is 0 Å². The molecule has 1 saturated carbocycles. The molecule has 0 aromatic heterocycles. The molecule has 2 aliphatic heterocycles. The monoisotopic (exact) mass is 410 g/mol. The fraction of sp³-hybridized carbons (Fsp3) is 0.500. The maximum Gasteiger partial charge on any atom is 0.243 e. The second-order valence-corrected chi connectivity index (χ2v) is 10.8. The number of likely N-dealkylation sites (tertiary alicyclic amines) is 1. The molecule has 4 nitrogen and oxygen atoms in total. The zero-order chi connectivity index (χ0) is 19.8. The highest BCUT2D eigenvalue weighted by Gasteiger charge is 2.34. The third-order valence-electron chi connectivity index (χ3n) is 6.98. The molecular formula is C24H30N2O2S. The standard InChI is InChI=1S/C24H30N2O2S/c27-29(28,26-14-3-4-15-26)24-9-2-1-8-23(24)21-12-10-19(11-13-21)17-25-18-20-6-5-7-22(25)16-20/h1-2,8-13,20,22H,3-7,14-18H2/t20-,22-/m1/s1. The van der Waals surface area contributed by atoms with Gasteiger partial charge in [-0.25, -0.2) is 8.42 Å². The summed E-state index contributed by atoms with van der Waals surface area (Å²) in [5, 5.41) is 0. The number of fused-ring (bicyclic) bond motifs is 2. The summed E-state index contributed by atoms with van der Waals surface area (Å²) in [4.78, 5) is 3.08. The molecular weight excluding hydrogens is 380 g/mol. The Morgan fingerprint density at radius 2 is 1.66 bits per heavy atom. The van der Waals surface area contributed by atoms with Crippen molar-refractivity contribution in [3.05, 3.63) is 54.1 Å². The predicted molar refractivity (Wildman–Crippen MR) is 116 cm³/mol. The Balaban J connectivity index is 1.38. The smallest absolute Gasteiger partial charge is 0.243 e. The van der Waals surface area contributed by atoms with Gasteiger partial charge in [0.2, 0.25) is 10.0 Å². The number of hydrogen-bond donors (Lipinski definition) is 0. The molecule has 3 fully saturated rings. The molecule has 0 spiro atoms. The first kappa shape index (κ1) is 19.3. The van der Waals surface area contributed by atoms with Crippen molar-refractivity contribution in [3.8, 4) is 11.1 Å². The second-order valence-electron chi connectivity index (χ2n) is 8.92. The molecule has 0 amide bonds. The van der Waals surface area contributed by atoms with Crippen LogP contribution in [0.5, 0.6) is 0 Å².